The summed E-state index contributed by atoms with van der Waals surface area (Å²) in [5.74, 6) is 5.11. The van der Waals surface area contributed by atoms with E-state index in [1.807, 2.05) is 36.4 Å². The van der Waals surface area contributed by atoms with Crippen LogP contribution in [0.1, 0.15) is 43.2 Å². The van der Waals surface area contributed by atoms with E-state index in [0.717, 1.165) is 39.7 Å². The highest BCUT2D eigenvalue weighted by Gasteiger charge is 2.62. The Morgan fingerprint density at radius 3 is 1.70 bits per heavy atom. The summed E-state index contributed by atoms with van der Waals surface area (Å²) in [6, 6.07) is 54.8. The maximum atomic E-state index is 6.38. The van der Waals surface area contributed by atoms with E-state index in [1.54, 1.807) is 11.1 Å². The first kappa shape index (κ1) is 31.8. The van der Waals surface area contributed by atoms with Crippen LogP contribution in [-0.4, -0.2) is 15.0 Å². The number of benzene rings is 7. The molecular formula is C53H39N3O. The van der Waals surface area contributed by atoms with Gasteiger partial charge in [0.25, 0.3) is 0 Å². The average molecular weight is 734 g/mol. The molecule has 272 valence electrons. The van der Waals surface area contributed by atoms with Gasteiger partial charge in [-0.15, -0.1) is 0 Å². The lowest BCUT2D eigenvalue weighted by molar-refractivity contribution is -0.0393. The van der Waals surface area contributed by atoms with Crippen molar-refractivity contribution < 1.29 is 4.42 Å². The molecule has 0 aliphatic heterocycles. The van der Waals surface area contributed by atoms with Gasteiger partial charge in [0.05, 0.1) is 0 Å². The van der Waals surface area contributed by atoms with Crippen molar-refractivity contribution in [3.05, 3.63) is 163 Å². The first-order chi connectivity index (χ1) is 28.2. The van der Waals surface area contributed by atoms with Gasteiger partial charge in [0.15, 0.2) is 17.5 Å². The number of nitrogens with zero attached hydrogens (tertiary/aromatic N) is 3. The largest absolute Gasteiger partial charge is 0.456 e. The van der Waals surface area contributed by atoms with Crippen molar-refractivity contribution in [1.29, 1.82) is 0 Å². The van der Waals surface area contributed by atoms with Gasteiger partial charge in [0.2, 0.25) is 0 Å². The number of fused-ring (bicyclic) bond motifs is 8. The monoisotopic (exact) mass is 733 g/mol. The fourth-order valence-corrected chi connectivity index (χ4v) is 12.2. The SMILES string of the molecule is c1ccc(-c2nc(-c3ccccc3)nc(-c3ccc4c5c(ccc4c3)-c3ccc(-c4ccc6c(c4)oc4ccccc46)cc3C53C4CC5CC(C4)CC3C5)n2)cc1. The fourth-order valence-electron chi connectivity index (χ4n) is 12.2. The standard InChI is InChI=1S/C53H39N3O/c1-3-9-33(10-4-1)50-54-51(34-11-5-2-6-12-34)56-52(55-50)38-18-19-41-37(28-38)17-22-45-42-20-15-35(36-16-21-44-43-13-7-8-14-47(43)57-48(44)30-36)29-46(42)53(49(41)45)39-24-31-23-32(26-39)27-40(53)25-31/h1-22,28-32,39-40H,23-27H2. The summed E-state index contributed by atoms with van der Waals surface area (Å²) in [5.41, 5.74) is 13.4. The Balaban J connectivity index is 0.982. The Bertz CT molecular complexity index is 3010. The van der Waals surface area contributed by atoms with Crippen LogP contribution in [0.25, 0.3) is 89.1 Å². The van der Waals surface area contributed by atoms with Gasteiger partial charge in [0.1, 0.15) is 11.2 Å². The lowest BCUT2D eigenvalue weighted by Crippen LogP contribution is -2.55. The summed E-state index contributed by atoms with van der Waals surface area (Å²) in [4.78, 5) is 15.1. The van der Waals surface area contributed by atoms with Gasteiger partial charge in [-0.25, -0.2) is 15.0 Å². The van der Waals surface area contributed by atoms with Crippen LogP contribution in [0.3, 0.4) is 0 Å². The molecule has 4 saturated carbocycles. The highest BCUT2D eigenvalue weighted by molar-refractivity contribution is 6.06. The van der Waals surface area contributed by atoms with E-state index in [0.29, 0.717) is 29.3 Å². The molecule has 0 unspecified atom stereocenters. The molecule has 2 heterocycles. The van der Waals surface area contributed by atoms with E-state index in [2.05, 4.69) is 115 Å². The number of para-hydroxylation sites is 1. The highest BCUT2D eigenvalue weighted by Crippen LogP contribution is 2.70. The maximum absolute atomic E-state index is 6.38. The molecule has 4 heteroatoms. The molecule has 5 aliphatic carbocycles. The number of hydrogen-bond acceptors (Lipinski definition) is 4. The van der Waals surface area contributed by atoms with Crippen molar-refractivity contribution in [1.82, 2.24) is 15.0 Å². The smallest absolute Gasteiger partial charge is 0.164 e. The van der Waals surface area contributed by atoms with Crippen molar-refractivity contribution >= 4 is 32.7 Å². The quantitative estimate of drug-likeness (QED) is 0.181. The van der Waals surface area contributed by atoms with Gasteiger partial charge in [0, 0.05) is 32.9 Å². The van der Waals surface area contributed by atoms with Gasteiger partial charge >= 0.3 is 0 Å². The van der Waals surface area contributed by atoms with Crippen LogP contribution < -0.4 is 0 Å². The number of furan rings is 1. The van der Waals surface area contributed by atoms with E-state index < -0.39 is 0 Å². The van der Waals surface area contributed by atoms with Crippen molar-refractivity contribution in [3.63, 3.8) is 0 Å². The summed E-state index contributed by atoms with van der Waals surface area (Å²) < 4.78 is 6.38. The minimum Gasteiger partial charge on any atom is -0.456 e. The van der Waals surface area contributed by atoms with E-state index in [4.69, 9.17) is 19.4 Å². The molecule has 0 radical (unpaired) electrons. The minimum atomic E-state index is 0.00666. The summed E-state index contributed by atoms with van der Waals surface area (Å²) in [6.07, 6.45) is 6.78. The highest BCUT2D eigenvalue weighted by atomic mass is 16.3. The summed E-state index contributed by atoms with van der Waals surface area (Å²) in [6.45, 7) is 0. The zero-order valence-electron chi connectivity index (χ0n) is 31.5. The second kappa shape index (κ2) is 11.8. The van der Waals surface area contributed by atoms with Crippen LogP contribution in [0.2, 0.25) is 0 Å². The second-order valence-electron chi connectivity index (χ2n) is 17.2. The lowest BCUT2D eigenvalue weighted by Gasteiger charge is -2.61. The molecule has 4 nitrogen and oxygen atoms in total. The first-order valence-electron chi connectivity index (χ1n) is 20.7. The third kappa shape index (κ3) is 4.58. The van der Waals surface area contributed by atoms with Crippen LogP contribution in [0, 0.1) is 23.7 Å². The van der Waals surface area contributed by atoms with Crippen LogP contribution in [-0.2, 0) is 5.41 Å². The predicted molar refractivity (Wildman–Crippen MR) is 230 cm³/mol. The van der Waals surface area contributed by atoms with Crippen LogP contribution in [0.4, 0.5) is 0 Å². The summed E-state index contributed by atoms with van der Waals surface area (Å²) in [7, 11) is 0. The zero-order valence-corrected chi connectivity index (χ0v) is 31.5. The third-order valence-electron chi connectivity index (χ3n) is 14.3. The van der Waals surface area contributed by atoms with E-state index in [1.165, 1.54) is 75.9 Å². The molecule has 5 aliphatic rings. The molecule has 7 aromatic carbocycles. The minimum absolute atomic E-state index is 0.00666. The maximum Gasteiger partial charge on any atom is 0.164 e. The van der Waals surface area contributed by atoms with Crippen LogP contribution >= 0.6 is 0 Å². The van der Waals surface area contributed by atoms with Crippen LogP contribution in [0.15, 0.2) is 156 Å². The van der Waals surface area contributed by atoms with Gasteiger partial charge in [-0.1, -0.05) is 121 Å². The summed E-state index contributed by atoms with van der Waals surface area (Å²) >= 11 is 0. The molecule has 0 amide bonds. The lowest BCUT2D eigenvalue weighted by atomic mass is 9.43. The van der Waals surface area contributed by atoms with E-state index in [-0.39, 0.29) is 5.41 Å². The van der Waals surface area contributed by atoms with Crippen molar-refractivity contribution in [2.24, 2.45) is 23.7 Å². The Kier molecular flexibility index (Phi) is 6.59. The molecule has 4 bridgehead atoms. The zero-order chi connectivity index (χ0) is 37.2. The predicted octanol–water partition coefficient (Wildman–Crippen LogP) is 13.3. The Hall–Kier alpha value is -6.39. The molecular weight excluding hydrogens is 695 g/mol. The molecule has 4 fully saturated rings. The Morgan fingerprint density at radius 1 is 0.421 bits per heavy atom. The number of aromatic nitrogens is 3. The van der Waals surface area contributed by atoms with Crippen LogP contribution in [0.5, 0.6) is 0 Å². The normalized spacial score (nSPS) is 22.8. The van der Waals surface area contributed by atoms with Gasteiger partial charge in [-0.2, -0.15) is 0 Å². The number of rotatable bonds is 4. The topological polar surface area (TPSA) is 51.8 Å². The van der Waals surface area contributed by atoms with E-state index in [9.17, 15) is 0 Å². The van der Waals surface area contributed by atoms with Gasteiger partial charge in [-0.05, 0) is 130 Å². The molecule has 0 N–H and O–H groups in total. The molecule has 1 spiro atoms. The molecule has 14 rings (SSSR count). The van der Waals surface area contributed by atoms with Gasteiger partial charge < -0.3 is 4.42 Å². The van der Waals surface area contributed by atoms with Crippen molar-refractivity contribution in [3.8, 4) is 56.4 Å². The molecule has 0 saturated heterocycles. The van der Waals surface area contributed by atoms with Gasteiger partial charge in [-0.3, -0.25) is 0 Å². The molecule has 0 atom stereocenters. The second-order valence-corrected chi connectivity index (χ2v) is 17.2. The Labute approximate surface area is 331 Å². The first-order valence-corrected chi connectivity index (χ1v) is 20.7. The third-order valence-corrected chi connectivity index (χ3v) is 14.3. The average Bonchev–Trinajstić information content (AvgIpc) is 3.79. The Morgan fingerprint density at radius 2 is 0.982 bits per heavy atom. The van der Waals surface area contributed by atoms with Crippen molar-refractivity contribution in [2.45, 2.75) is 37.5 Å². The summed E-state index contributed by atoms with van der Waals surface area (Å²) in [5, 5.41) is 4.99. The van der Waals surface area contributed by atoms with E-state index >= 15 is 0 Å². The molecule has 2 aromatic heterocycles. The number of hydrogen-bond donors (Lipinski definition) is 0. The molecule has 9 aromatic rings. The molecule has 57 heavy (non-hydrogen) atoms. The fraction of sp³-hybridized carbons (Fsp3) is 0.189. The van der Waals surface area contributed by atoms with Crippen molar-refractivity contribution in [2.75, 3.05) is 0 Å².